The lowest BCUT2D eigenvalue weighted by Gasteiger charge is -2.08. The average molecular weight is 406 g/mol. The molecule has 3 aromatic rings. The molecule has 0 spiro atoms. The number of aryl methyl sites for hydroxylation is 1. The lowest BCUT2D eigenvalue weighted by Crippen LogP contribution is -2.07. The number of pyridine rings is 1. The molecule has 0 amide bonds. The Morgan fingerprint density at radius 3 is 2.53 bits per heavy atom. The van der Waals surface area contributed by atoms with Crippen LogP contribution in [0.5, 0.6) is 0 Å². The van der Waals surface area contributed by atoms with E-state index in [0.717, 1.165) is 37.2 Å². The van der Waals surface area contributed by atoms with Crippen LogP contribution in [-0.2, 0) is 13.0 Å². The third-order valence-electron chi connectivity index (χ3n) is 4.91. The second-order valence-corrected chi connectivity index (χ2v) is 7.14. The molecule has 7 nitrogen and oxygen atoms in total. The van der Waals surface area contributed by atoms with Crippen LogP contribution in [0.2, 0.25) is 0 Å². The zero-order valence-electron chi connectivity index (χ0n) is 17.3. The lowest BCUT2D eigenvalue weighted by molar-refractivity contribution is 0.0697. The maximum atomic E-state index is 12.1. The predicted octanol–water partition coefficient (Wildman–Crippen LogP) is 4.41. The van der Waals surface area contributed by atoms with Crippen molar-refractivity contribution >= 4 is 11.8 Å². The lowest BCUT2D eigenvalue weighted by atomic mass is 10.0. The first-order valence-corrected chi connectivity index (χ1v) is 10.3. The molecule has 3 rings (SSSR count). The molecule has 0 unspecified atom stereocenters. The quantitative estimate of drug-likeness (QED) is 0.395. The van der Waals surface area contributed by atoms with Crippen LogP contribution in [0.25, 0.3) is 11.3 Å². The normalized spacial score (nSPS) is 10.9. The highest BCUT2D eigenvalue weighted by molar-refractivity contribution is 5.95. The molecule has 2 aromatic heterocycles. The number of Topliss-reactive ketones (excluding diaryl/α,β-unsaturated/α-hetero) is 1. The largest absolute Gasteiger partial charge is 0.478 e. The molecular formula is C23H26N4O3. The molecule has 0 radical (unpaired) electrons. The molecule has 0 fully saturated rings. The number of hydrogen-bond acceptors (Lipinski definition) is 5. The molecule has 1 N–H and O–H groups in total. The van der Waals surface area contributed by atoms with E-state index in [-0.39, 0.29) is 17.2 Å². The number of hydrogen-bond donors (Lipinski definition) is 1. The van der Waals surface area contributed by atoms with Crippen molar-refractivity contribution in [2.45, 2.75) is 52.5 Å². The Morgan fingerprint density at radius 2 is 1.87 bits per heavy atom. The number of ketones is 1. The number of rotatable bonds is 10. The van der Waals surface area contributed by atoms with Gasteiger partial charge in [-0.05, 0) is 24.1 Å². The Kier molecular flexibility index (Phi) is 7.06. The van der Waals surface area contributed by atoms with Crippen molar-refractivity contribution in [2.24, 2.45) is 0 Å². The van der Waals surface area contributed by atoms with Crippen molar-refractivity contribution in [3.05, 3.63) is 65.4 Å². The summed E-state index contributed by atoms with van der Waals surface area (Å²) in [6.45, 7) is 4.67. The van der Waals surface area contributed by atoms with Crippen LogP contribution in [-0.4, -0.2) is 36.6 Å². The summed E-state index contributed by atoms with van der Waals surface area (Å²) in [4.78, 5) is 32.4. The average Bonchev–Trinajstić information content (AvgIpc) is 3.16. The molecule has 0 atom stereocenters. The van der Waals surface area contributed by atoms with E-state index < -0.39 is 5.97 Å². The first-order valence-electron chi connectivity index (χ1n) is 10.3. The molecule has 1 aromatic carbocycles. The third-order valence-corrected chi connectivity index (χ3v) is 4.91. The molecule has 2 heterocycles. The van der Waals surface area contributed by atoms with E-state index in [1.165, 1.54) is 0 Å². The van der Waals surface area contributed by atoms with E-state index in [1.807, 2.05) is 16.8 Å². The molecule has 0 aliphatic heterocycles. The van der Waals surface area contributed by atoms with Crippen molar-refractivity contribution in [3.63, 3.8) is 0 Å². The number of aromatic carboxylic acids is 1. The summed E-state index contributed by atoms with van der Waals surface area (Å²) < 4.78 is 1.83. The van der Waals surface area contributed by atoms with Crippen molar-refractivity contribution in [2.75, 3.05) is 0 Å². The van der Waals surface area contributed by atoms with E-state index in [2.05, 4.69) is 22.0 Å². The first kappa shape index (κ1) is 21.4. The second kappa shape index (κ2) is 9.91. The summed E-state index contributed by atoms with van der Waals surface area (Å²) >= 11 is 0. The summed E-state index contributed by atoms with van der Waals surface area (Å²) in [5.41, 5.74) is 2.32. The summed E-state index contributed by atoms with van der Waals surface area (Å²) in [5.74, 6) is -0.0404. The van der Waals surface area contributed by atoms with Gasteiger partial charge in [-0.25, -0.2) is 14.5 Å². The number of carbonyl (C=O) groups excluding carboxylic acids is 1. The monoisotopic (exact) mass is 406 g/mol. The van der Waals surface area contributed by atoms with Gasteiger partial charge in [0.25, 0.3) is 0 Å². The molecule has 0 aliphatic rings. The van der Waals surface area contributed by atoms with Gasteiger partial charge in [0, 0.05) is 31.1 Å². The Bertz CT molecular complexity index is 1030. The zero-order valence-corrected chi connectivity index (χ0v) is 17.3. The number of carbonyl (C=O) groups is 2. The summed E-state index contributed by atoms with van der Waals surface area (Å²) in [7, 11) is 0. The fourth-order valence-corrected chi connectivity index (χ4v) is 3.24. The van der Waals surface area contributed by atoms with E-state index in [9.17, 15) is 14.7 Å². The number of carboxylic acid groups (broad SMARTS) is 1. The number of aromatic nitrogens is 4. The molecule has 0 aliphatic carbocycles. The van der Waals surface area contributed by atoms with Gasteiger partial charge in [-0.15, -0.1) is 5.10 Å². The summed E-state index contributed by atoms with van der Waals surface area (Å²) in [5, 5.41) is 13.8. The zero-order chi connectivity index (χ0) is 21.5. The van der Waals surface area contributed by atoms with Crippen LogP contribution in [0.3, 0.4) is 0 Å². The number of unbranched alkanes of at least 4 members (excludes halogenated alkanes) is 2. The van der Waals surface area contributed by atoms with E-state index in [4.69, 9.17) is 0 Å². The van der Waals surface area contributed by atoms with E-state index in [0.29, 0.717) is 24.1 Å². The molecule has 0 saturated heterocycles. The minimum atomic E-state index is -0.982. The Morgan fingerprint density at radius 1 is 1.07 bits per heavy atom. The minimum absolute atomic E-state index is 0.0655. The van der Waals surface area contributed by atoms with Gasteiger partial charge in [-0.1, -0.05) is 51.0 Å². The van der Waals surface area contributed by atoms with Gasteiger partial charge in [0.1, 0.15) is 5.82 Å². The highest BCUT2D eigenvalue weighted by Crippen LogP contribution is 2.22. The topological polar surface area (TPSA) is 98.0 Å². The van der Waals surface area contributed by atoms with E-state index in [1.54, 1.807) is 37.4 Å². The SMILES string of the molecule is CCCCCn1nc(C(=O)CC)nc1Cc1ccc(-c2ccccc2C(=O)O)nc1. The molecule has 30 heavy (non-hydrogen) atoms. The molecule has 0 saturated carbocycles. The van der Waals surface area contributed by atoms with Crippen LogP contribution in [0.1, 0.15) is 71.9 Å². The molecule has 7 heteroatoms. The van der Waals surface area contributed by atoms with Crippen LogP contribution in [0, 0.1) is 0 Å². The molecule has 0 bridgehead atoms. The van der Waals surface area contributed by atoms with Gasteiger partial charge >= 0.3 is 5.97 Å². The Balaban J connectivity index is 1.83. The maximum absolute atomic E-state index is 12.1. The smallest absolute Gasteiger partial charge is 0.336 e. The Hall–Kier alpha value is -3.35. The van der Waals surface area contributed by atoms with E-state index >= 15 is 0 Å². The second-order valence-electron chi connectivity index (χ2n) is 7.14. The van der Waals surface area contributed by atoms with Gasteiger partial charge in [0.15, 0.2) is 0 Å². The summed E-state index contributed by atoms with van der Waals surface area (Å²) in [6.07, 6.45) is 5.78. The van der Waals surface area contributed by atoms with Crippen LogP contribution < -0.4 is 0 Å². The van der Waals surface area contributed by atoms with Crippen molar-refractivity contribution in [1.82, 2.24) is 19.7 Å². The van der Waals surface area contributed by atoms with Crippen molar-refractivity contribution in [3.8, 4) is 11.3 Å². The minimum Gasteiger partial charge on any atom is -0.478 e. The van der Waals surface area contributed by atoms with Crippen LogP contribution in [0.4, 0.5) is 0 Å². The highest BCUT2D eigenvalue weighted by atomic mass is 16.4. The van der Waals surface area contributed by atoms with Gasteiger partial charge < -0.3 is 5.11 Å². The Labute approximate surface area is 175 Å². The predicted molar refractivity (Wildman–Crippen MR) is 114 cm³/mol. The van der Waals surface area contributed by atoms with Crippen molar-refractivity contribution < 1.29 is 14.7 Å². The standard InChI is InChI=1S/C23H26N4O3/c1-3-5-8-13-27-21(25-22(26-27)20(28)4-2)14-16-11-12-19(24-15-16)17-9-6-7-10-18(17)23(29)30/h6-7,9-12,15H,3-5,8,13-14H2,1-2H3,(H,29,30). The first-order chi connectivity index (χ1) is 14.5. The fourth-order valence-electron chi connectivity index (χ4n) is 3.24. The fraction of sp³-hybridized carbons (Fsp3) is 0.348. The van der Waals surface area contributed by atoms with Gasteiger partial charge in [-0.2, -0.15) is 0 Å². The summed E-state index contributed by atoms with van der Waals surface area (Å²) in [6, 6.07) is 10.5. The van der Waals surface area contributed by atoms with Crippen LogP contribution in [0.15, 0.2) is 42.6 Å². The number of carboxylic acids is 1. The van der Waals surface area contributed by atoms with Gasteiger partial charge in [0.2, 0.25) is 11.6 Å². The number of nitrogens with zero attached hydrogens (tertiary/aromatic N) is 4. The van der Waals surface area contributed by atoms with Crippen LogP contribution >= 0.6 is 0 Å². The number of benzene rings is 1. The highest BCUT2D eigenvalue weighted by Gasteiger charge is 2.16. The maximum Gasteiger partial charge on any atom is 0.336 e. The molecule has 156 valence electrons. The third kappa shape index (κ3) is 4.97. The van der Waals surface area contributed by atoms with Gasteiger partial charge in [0.05, 0.1) is 11.3 Å². The van der Waals surface area contributed by atoms with Crippen molar-refractivity contribution in [1.29, 1.82) is 0 Å². The van der Waals surface area contributed by atoms with Gasteiger partial charge in [-0.3, -0.25) is 9.78 Å². The molecular weight excluding hydrogens is 380 g/mol.